The normalized spacial score (nSPS) is 16.7. The number of likely N-dealkylation sites (tertiary alicyclic amines) is 1. The van der Waals surface area contributed by atoms with E-state index in [-0.39, 0.29) is 0 Å². The van der Waals surface area contributed by atoms with Crippen molar-refractivity contribution >= 4 is 0 Å². The standard InChI is InChI=1S/C24H50N2/c1-22(2)14-16-24(17-15-23(3)4)25-18-10-6-5-7-11-19-26-20-12-8-9-13-21-26/h22-25H,5-21H2,1-4H3. The van der Waals surface area contributed by atoms with Crippen LogP contribution in [-0.2, 0) is 0 Å². The largest absolute Gasteiger partial charge is 0.314 e. The molecule has 1 aliphatic rings. The monoisotopic (exact) mass is 366 g/mol. The lowest BCUT2D eigenvalue weighted by Gasteiger charge is -2.21. The van der Waals surface area contributed by atoms with Crippen molar-refractivity contribution in [3.05, 3.63) is 0 Å². The summed E-state index contributed by atoms with van der Waals surface area (Å²) in [6, 6.07) is 0.753. The molecule has 0 radical (unpaired) electrons. The van der Waals surface area contributed by atoms with Gasteiger partial charge in [0.1, 0.15) is 0 Å². The summed E-state index contributed by atoms with van der Waals surface area (Å²) in [5.41, 5.74) is 0. The van der Waals surface area contributed by atoms with Crippen molar-refractivity contribution in [3.8, 4) is 0 Å². The van der Waals surface area contributed by atoms with Gasteiger partial charge in [0, 0.05) is 6.04 Å². The summed E-state index contributed by atoms with van der Waals surface area (Å²) in [5.74, 6) is 1.67. The highest BCUT2D eigenvalue weighted by Gasteiger charge is 2.10. The highest BCUT2D eigenvalue weighted by atomic mass is 15.1. The van der Waals surface area contributed by atoms with Crippen LogP contribution in [0.15, 0.2) is 0 Å². The minimum atomic E-state index is 0.753. The van der Waals surface area contributed by atoms with Gasteiger partial charge in [-0.1, -0.05) is 59.8 Å². The molecule has 2 nitrogen and oxygen atoms in total. The molecule has 156 valence electrons. The smallest absolute Gasteiger partial charge is 0.00672 e. The average molecular weight is 367 g/mol. The Balaban J connectivity index is 1.99. The van der Waals surface area contributed by atoms with Crippen molar-refractivity contribution in [2.75, 3.05) is 26.2 Å². The van der Waals surface area contributed by atoms with Gasteiger partial charge in [0.15, 0.2) is 0 Å². The van der Waals surface area contributed by atoms with Crippen molar-refractivity contribution in [3.63, 3.8) is 0 Å². The van der Waals surface area contributed by atoms with E-state index in [1.165, 1.54) is 110 Å². The third-order valence-corrected chi connectivity index (χ3v) is 5.97. The molecule has 1 heterocycles. The van der Waals surface area contributed by atoms with Crippen molar-refractivity contribution in [1.29, 1.82) is 0 Å². The highest BCUT2D eigenvalue weighted by molar-refractivity contribution is 4.69. The van der Waals surface area contributed by atoms with Gasteiger partial charge in [-0.25, -0.2) is 0 Å². The molecule has 0 saturated carbocycles. The number of nitrogens with one attached hydrogen (secondary N) is 1. The molecular weight excluding hydrogens is 316 g/mol. The van der Waals surface area contributed by atoms with E-state index >= 15 is 0 Å². The van der Waals surface area contributed by atoms with Crippen LogP contribution in [0, 0.1) is 11.8 Å². The van der Waals surface area contributed by atoms with E-state index in [2.05, 4.69) is 37.9 Å². The van der Waals surface area contributed by atoms with Crippen molar-refractivity contribution in [1.82, 2.24) is 10.2 Å². The quantitative estimate of drug-likeness (QED) is 0.327. The second kappa shape index (κ2) is 15.9. The number of unbranched alkanes of at least 4 members (excludes halogenated alkanes) is 4. The summed E-state index contributed by atoms with van der Waals surface area (Å²) in [6.45, 7) is 14.7. The first-order valence-corrected chi connectivity index (χ1v) is 12.0. The van der Waals surface area contributed by atoms with Gasteiger partial charge in [0.05, 0.1) is 0 Å². The number of rotatable bonds is 15. The average Bonchev–Trinajstić information content (AvgIpc) is 2.87. The molecule has 1 saturated heterocycles. The summed E-state index contributed by atoms with van der Waals surface area (Å²) in [4.78, 5) is 2.71. The minimum absolute atomic E-state index is 0.753. The Morgan fingerprint density at radius 3 is 1.77 bits per heavy atom. The molecule has 0 aliphatic carbocycles. The summed E-state index contributed by atoms with van der Waals surface area (Å²) >= 11 is 0. The maximum absolute atomic E-state index is 3.87. The van der Waals surface area contributed by atoms with Gasteiger partial charge in [-0.05, 0) is 89.4 Å². The van der Waals surface area contributed by atoms with Crippen molar-refractivity contribution in [2.24, 2.45) is 11.8 Å². The van der Waals surface area contributed by atoms with Gasteiger partial charge in [0.2, 0.25) is 0 Å². The van der Waals surface area contributed by atoms with E-state index in [1.807, 2.05) is 0 Å². The van der Waals surface area contributed by atoms with Crippen molar-refractivity contribution < 1.29 is 0 Å². The van der Waals surface area contributed by atoms with Crippen LogP contribution in [-0.4, -0.2) is 37.1 Å². The molecule has 0 amide bonds. The molecule has 1 N–H and O–H groups in total. The molecule has 2 heteroatoms. The van der Waals surface area contributed by atoms with Crippen LogP contribution in [0.3, 0.4) is 0 Å². The van der Waals surface area contributed by atoms with Crippen LogP contribution in [0.1, 0.15) is 111 Å². The number of hydrogen-bond donors (Lipinski definition) is 1. The van der Waals surface area contributed by atoms with Gasteiger partial charge in [-0.15, -0.1) is 0 Å². The van der Waals surface area contributed by atoms with E-state index in [0.717, 1.165) is 17.9 Å². The summed E-state index contributed by atoms with van der Waals surface area (Å²) in [6.07, 6.45) is 18.3. The zero-order valence-corrected chi connectivity index (χ0v) is 18.7. The molecule has 0 aromatic carbocycles. The van der Waals surface area contributed by atoms with Crippen LogP contribution in [0.4, 0.5) is 0 Å². The Kier molecular flexibility index (Phi) is 14.7. The highest BCUT2D eigenvalue weighted by Crippen LogP contribution is 2.15. The Morgan fingerprint density at radius 1 is 0.654 bits per heavy atom. The maximum Gasteiger partial charge on any atom is 0.00672 e. The Labute approximate surface area is 165 Å². The molecule has 0 aromatic heterocycles. The van der Waals surface area contributed by atoms with Crippen LogP contribution < -0.4 is 5.32 Å². The second-order valence-corrected chi connectivity index (χ2v) is 9.62. The zero-order valence-electron chi connectivity index (χ0n) is 18.7. The molecule has 1 rings (SSSR count). The summed E-state index contributed by atoms with van der Waals surface area (Å²) in [5, 5.41) is 3.87. The third-order valence-electron chi connectivity index (χ3n) is 5.97. The Morgan fingerprint density at radius 2 is 1.19 bits per heavy atom. The summed E-state index contributed by atoms with van der Waals surface area (Å²) in [7, 11) is 0. The molecule has 0 atom stereocenters. The fourth-order valence-electron chi connectivity index (χ4n) is 4.07. The van der Waals surface area contributed by atoms with Gasteiger partial charge in [0.25, 0.3) is 0 Å². The Bertz CT molecular complexity index is 281. The first kappa shape index (κ1) is 24.0. The Hall–Kier alpha value is -0.0800. The SMILES string of the molecule is CC(C)CCC(CCC(C)C)NCCCCCCCN1CCCCCC1. The van der Waals surface area contributed by atoms with Gasteiger partial charge >= 0.3 is 0 Å². The fourth-order valence-corrected chi connectivity index (χ4v) is 4.07. The topological polar surface area (TPSA) is 15.3 Å². The maximum atomic E-state index is 3.87. The molecule has 0 spiro atoms. The van der Waals surface area contributed by atoms with Crippen LogP contribution in [0.25, 0.3) is 0 Å². The van der Waals surface area contributed by atoms with Crippen molar-refractivity contribution in [2.45, 2.75) is 117 Å². The van der Waals surface area contributed by atoms with E-state index in [4.69, 9.17) is 0 Å². The van der Waals surface area contributed by atoms with Gasteiger partial charge in [-0.3, -0.25) is 0 Å². The van der Waals surface area contributed by atoms with Crippen LogP contribution in [0.5, 0.6) is 0 Å². The predicted octanol–water partition coefficient (Wildman–Crippen LogP) is 6.64. The molecule has 0 unspecified atom stereocenters. The lowest BCUT2D eigenvalue weighted by atomic mass is 9.96. The van der Waals surface area contributed by atoms with Gasteiger partial charge < -0.3 is 10.2 Å². The zero-order chi connectivity index (χ0) is 19.0. The molecule has 0 aromatic rings. The first-order valence-electron chi connectivity index (χ1n) is 12.0. The predicted molar refractivity (Wildman–Crippen MR) is 118 cm³/mol. The molecule has 26 heavy (non-hydrogen) atoms. The lowest BCUT2D eigenvalue weighted by molar-refractivity contribution is 0.277. The summed E-state index contributed by atoms with van der Waals surface area (Å²) < 4.78 is 0. The second-order valence-electron chi connectivity index (χ2n) is 9.62. The van der Waals surface area contributed by atoms with E-state index in [1.54, 1.807) is 0 Å². The minimum Gasteiger partial charge on any atom is -0.314 e. The first-order chi connectivity index (χ1) is 12.6. The van der Waals surface area contributed by atoms with Crippen LogP contribution >= 0.6 is 0 Å². The number of nitrogens with zero attached hydrogens (tertiary/aromatic N) is 1. The van der Waals surface area contributed by atoms with E-state index in [9.17, 15) is 0 Å². The van der Waals surface area contributed by atoms with E-state index in [0.29, 0.717) is 0 Å². The number of hydrogen-bond acceptors (Lipinski definition) is 2. The molecular formula is C24H50N2. The molecule has 0 bridgehead atoms. The molecule has 1 fully saturated rings. The van der Waals surface area contributed by atoms with Crippen LogP contribution in [0.2, 0.25) is 0 Å². The fraction of sp³-hybridized carbons (Fsp3) is 1.00. The lowest BCUT2D eigenvalue weighted by Crippen LogP contribution is -2.30. The van der Waals surface area contributed by atoms with E-state index < -0.39 is 0 Å². The molecule has 1 aliphatic heterocycles. The third kappa shape index (κ3) is 14.0. The van der Waals surface area contributed by atoms with Gasteiger partial charge in [-0.2, -0.15) is 0 Å².